The minimum atomic E-state index is -0.470. The summed E-state index contributed by atoms with van der Waals surface area (Å²) in [7, 11) is 0. The highest BCUT2D eigenvalue weighted by Gasteiger charge is 2.29. The lowest BCUT2D eigenvalue weighted by atomic mass is 10.0. The largest absolute Gasteiger partial charge is 1.00 e. The zero-order valence-corrected chi connectivity index (χ0v) is 12.0. The second-order valence-corrected chi connectivity index (χ2v) is 5.23. The second-order valence-electron chi connectivity index (χ2n) is 5.23. The summed E-state index contributed by atoms with van der Waals surface area (Å²) in [6.45, 7) is 2.78. The van der Waals surface area contributed by atoms with Gasteiger partial charge in [-0.2, -0.15) is 0 Å². The van der Waals surface area contributed by atoms with E-state index in [4.69, 9.17) is 0 Å². The molecule has 0 amide bonds. The van der Waals surface area contributed by atoms with Gasteiger partial charge in [0.25, 0.3) is 0 Å². The number of quaternary nitrogens is 1. The Morgan fingerprint density at radius 3 is 2.58 bits per heavy atom. The van der Waals surface area contributed by atoms with E-state index in [0.717, 1.165) is 24.9 Å². The van der Waals surface area contributed by atoms with Crippen LogP contribution in [0, 0.1) is 5.92 Å². The van der Waals surface area contributed by atoms with Gasteiger partial charge >= 0.3 is 0 Å². The fraction of sp³-hybridized carbons (Fsp3) is 0.533. The number of rotatable bonds is 7. The Labute approximate surface area is 120 Å². The monoisotopic (exact) mass is 283 g/mol. The molecule has 3 nitrogen and oxygen atoms in total. The molecule has 1 fully saturated rings. The lowest BCUT2D eigenvalue weighted by molar-refractivity contribution is -0.693. The van der Waals surface area contributed by atoms with Gasteiger partial charge in [0.1, 0.15) is 17.9 Å². The van der Waals surface area contributed by atoms with Gasteiger partial charge in [-0.1, -0.05) is 30.3 Å². The van der Waals surface area contributed by atoms with Gasteiger partial charge in [0, 0.05) is 5.92 Å². The number of hydrogen-bond acceptors (Lipinski definition) is 2. The Bertz CT molecular complexity index is 392. The number of hydrogen-bond donors (Lipinski definition) is 2. The van der Waals surface area contributed by atoms with Gasteiger partial charge in [0.15, 0.2) is 0 Å². The van der Waals surface area contributed by atoms with Crippen LogP contribution in [0.25, 0.3) is 0 Å². The SMILES string of the molecule is CC([NH2+]CCC(=O)C1CC1)C(O)c1ccccc1.[Cl-]. The first-order valence-electron chi connectivity index (χ1n) is 6.77. The molecular weight excluding hydrogens is 262 g/mol. The van der Waals surface area contributed by atoms with Crippen LogP contribution in [0.2, 0.25) is 0 Å². The molecule has 19 heavy (non-hydrogen) atoms. The molecule has 2 rings (SSSR count). The molecule has 0 aromatic heterocycles. The van der Waals surface area contributed by atoms with Crippen LogP contribution >= 0.6 is 0 Å². The molecule has 1 saturated carbocycles. The van der Waals surface area contributed by atoms with Crippen molar-refractivity contribution in [2.45, 2.75) is 38.3 Å². The lowest BCUT2D eigenvalue weighted by Gasteiger charge is -2.17. The topological polar surface area (TPSA) is 53.9 Å². The molecule has 0 spiro atoms. The highest BCUT2D eigenvalue weighted by atomic mass is 35.5. The van der Waals surface area contributed by atoms with Gasteiger partial charge in [-0.25, -0.2) is 0 Å². The summed E-state index contributed by atoms with van der Waals surface area (Å²) in [6.07, 6.45) is 2.33. The summed E-state index contributed by atoms with van der Waals surface area (Å²) < 4.78 is 0. The molecule has 2 atom stereocenters. The number of aliphatic hydroxyl groups is 1. The van der Waals surface area contributed by atoms with Gasteiger partial charge in [-0.3, -0.25) is 4.79 Å². The van der Waals surface area contributed by atoms with Crippen molar-refractivity contribution in [3.05, 3.63) is 35.9 Å². The first kappa shape index (κ1) is 16.2. The van der Waals surface area contributed by atoms with Crippen molar-refractivity contribution < 1.29 is 27.6 Å². The Balaban J connectivity index is 0.00000180. The van der Waals surface area contributed by atoms with Crippen LogP contribution in [0.4, 0.5) is 0 Å². The van der Waals surface area contributed by atoms with Gasteiger partial charge in [-0.05, 0) is 25.3 Å². The minimum absolute atomic E-state index is 0. The van der Waals surface area contributed by atoms with E-state index >= 15 is 0 Å². The van der Waals surface area contributed by atoms with E-state index in [1.165, 1.54) is 0 Å². The van der Waals surface area contributed by atoms with E-state index in [1.54, 1.807) is 0 Å². The fourth-order valence-corrected chi connectivity index (χ4v) is 2.18. The van der Waals surface area contributed by atoms with Crippen molar-refractivity contribution in [1.29, 1.82) is 0 Å². The zero-order valence-electron chi connectivity index (χ0n) is 11.3. The van der Waals surface area contributed by atoms with Crippen LogP contribution in [0.3, 0.4) is 0 Å². The predicted molar refractivity (Wildman–Crippen MR) is 70.0 cm³/mol. The van der Waals surface area contributed by atoms with Crippen molar-refractivity contribution in [1.82, 2.24) is 0 Å². The van der Waals surface area contributed by atoms with Crippen molar-refractivity contribution >= 4 is 5.78 Å². The fourth-order valence-electron chi connectivity index (χ4n) is 2.18. The van der Waals surface area contributed by atoms with Crippen LogP contribution in [-0.4, -0.2) is 23.5 Å². The molecule has 1 aromatic rings. The van der Waals surface area contributed by atoms with Crippen LogP contribution in [0.1, 0.15) is 37.9 Å². The van der Waals surface area contributed by atoms with E-state index in [9.17, 15) is 9.90 Å². The Morgan fingerprint density at radius 1 is 1.37 bits per heavy atom. The van der Waals surface area contributed by atoms with Crippen LogP contribution in [-0.2, 0) is 4.79 Å². The third kappa shape index (κ3) is 4.94. The van der Waals surface area contributed by atoms with Gasteiger partial charge in [0.2, 0.25) is 0 Å². The number of carbonyl (C=O) groups excluding carboxylic acids is 1. The molecule has 3 N–H and O–H groups in total. The third-order valence-corrected chi connectivity index (χ3v) is 3.60. The quantitative estimate of drug-likeness (QED) is 0.611. The average molecular weight is 284 g/mol. The Kier molecular flexibility index (Phi) is 6.49. The van der Waals surface area contributed by atoms with E-state index in [-0.39, 0.29) is 18.4 Å². The van der Waals surface area contributed by atoms with Crippen LogP contribution < -0.4 is 17.7 Å². The highest BCUT2D eigenvalue weighted by Crippen LogP contribution is 2.30. The number of halogens is 1. The van der Waals surface area contributed by atoms with Gasteiger partial charge < -0.3 is 22.8 Å². The molecule has 0 saturated heterocycles. The molecule has 4 heteroatoms. The molecule has 2 unspecified atom stereocenters. The molecule has 1 aliphatic carbocycles. The minimum Gasteiger partial charge on any atom is -1.00 e. The number of aliphatic hydroxyl groups excluding tert-OH is 1. The van der Waals surface area contributed by atoms with E-state index in [0.29, 0.717) is 18.1 Å². The standard InChI is InChI=1S/C15H21NO2.ClH/c1-11(15(18)13-5-3-2-4-6-13)16-10-9-14(17)12-7-8-12;/h2-6,11-12,15-16,18H,7-10H2,1H3;1H. The third-order valence-electron chi connectivity index (χ3n) is 3.60. The normalized spacial score (nSPS) is 17.4. The Hall–Kier alpha value is -0.900. The van der Waals surface area contributed by atoms with Crippen LogP contribution in [0.15, 0.2) is 30.3 Å². The molecule has 1 aliphatic rings. The first-order chi connectivity index (χ1) is 8.68. The van der Waals surface area contributed by atoms with Gasteiger partial charge in [-0.15, -0.1) is 0 Å². The number of carbonyl (C=O) groups is 1. The summed E-state index contributed by atoms with van der Waals surface area (Å²) in [5.74, 6) is 0.750. The van der Waals surface area contributed by atoms with Crippen LogP contribution in [0.5, 0.6) is 0 Å². The number of Topliss-reactive ketones (excluding diaryl/α,β-unsaturated/α-hetero) is 1. The molecular formula is C15H22ClNO2. The van der Waals surface area contributed by atoms with Crippen molar-refractivity contribution in [3.63, 3.8) is 0 Å². The summed E-state index contributed by atoms with van der Waals surface area (Å²) >= 11 is 0. The smallest absolute Gasteiger partial charge is 0.141 e. The summed E-state index contributed by atoms with van der Waals surface area (Å²) in [5.41, 5.74) is 0.940. The maximum absolute atomic E-state index is 11.5. The van der Waals surface area contributed by atoms with Gasteiger partial charge in [0.05, 0.1) is 13.0 Å². The predicted octanol–water partition coefficient (Wildman–Crippen LogP) is -1.95. The van der Waals surface area contributed by atoms with Crippen molar-refractivity contribution in [2.75, 3.05) is 6.54 Å². The summed E-state index contributed by atoms with van der Waals surface area (Å²) in [5, 5.41) is 12.2. The molecule has 0 radical (unpaired) electrons. The highest BCUT2D eigenvalue weighted by molar-refractivity contribution is 5.83. The van der Waals surface area contributed by atoms with E-state index in [2.05, 4.69) is 5.32 Å². The number of nitrogens with two attached hydrogens (primary N) is 1. The van der Waals surface area contributed by atoms with Crippen molar-refractivity contribution in [3.8, 4) is 0 Å². The van der Waals surface area contributed by atoms with E-state index in [1.807, 2.05) is 37.3 Å². The maximum atomic E-state index is 11.5. The molecule has 0 heterocycles. The molecule has 0 bridgehead atoms. The lowest BCUT2D eigenvalue weighted by Crippen LogP contribution is -3.00. The average Bonchev–Trinajstić information content (AvgIpc) is 3.23. The number of ketones is 1. The molecule has 106 valence electrons. The van der Waals surface area contributed by atoms with E-state index < -0.39 is 6.10 Å². The maximum Gasteiger partial charge on any atom is 0.141 e. The molecule has 0 aliphatic heterocycles. The molecule has 1 aromatic carbocycles. The number of benzene rings is 1. The second kappa shape index (κ2) is 7.63. The zero-order chi connectivity index (χ0) is 13.0. The summed E-state index contributed by atoms with van der Waals surface area (Å²) in [6, 6.07) is 9.76. The first-order valence-corrected chi connectivity index (χ1v) is 6.77. The van der Waals surface area contributed by atoms with Crippen molar-refractivity contribution in [2.24, 2.45) is 5.92 Å². The Morgan fingerprint density at radius 2 is 2.00 bits per heavy atom. The summed E-state index contributed by atoms with van der Waals surface area (Å²) in [4.78, 5) is 11.5.